The lowest BCUT2D eigenvalue weighted by Crippen LogP contribution is -2.50. The molecule has 0 amide bonds. The minimum absolute atomic E-state index is 0.0544. The molecule has 120 valence electrons. The summed E-state index contributed by atoms with van der Waals surface area (Å²) in [7, 11) is 0. The van der Waals surface area contributed by atoms with Gasteiger partial charge in [-0.3, -0.25) is 14.6 Å². The molecule has 21 heavy (non-hydrogen) atoms. The summed E-state index contributed by atoms with van der Waals surface area (Å²) < 4.78 is 5.50. The van der Waals surface area contributed by atoms with Crippen LogP contribution in [0.2, 0.25) is 0 Å². The Balaban J connectivity index is 1.70. The molecule has 4 unspecified atom stereocenters. The highest BCUT2D eigenvalue weighted by Crippen LogP contribution is 2.36. The van der Waals surface area contributed by atoms with E-state index in [-0.39, 0.29) is 12.0 Å². The van der Waals surface area contributed by atoms with Crippen molar-refractivity contribution in [3.63, 3.8) is 0 Å². The summed E-state index contributed by atoms with van der Waals surface area (Å²) in [6.07, 6.45) is 4.92. The molecule has 5 heteroatoms. The first-order chi connectivity index (χ1) is 10.1. The second-order valence-electron chi connectivity index (χ2n) is 6.95. The molecule has 2 saturated heterocycles. The molecule has 2 aliphatic heterocycles. The first-order valence-corrected chi connectivity index (χ1v) is 8.43. The number of carboxylic acid groups (broad SMARTS) is 1. The molecule has 0 aromatic carbocycles. The van der Waals surface area contributed by atoms with Crippen LogP contribution in [-0.4, -0.2) is 71.3 Å². The van der Waals surface area contributed by atoms with Crippen molar-refractivity contribution in [2.75, 3.05) is 26.3 Å². The van der Waals surface area contributed by atoms with E-state index in [4.69, 9.17) is 4.74 Å². The van der Waals surface area contributed by atoms with E-state index in [9.17, 15) is 9.90 Å². The normalized spacial score (nSPS) is 37.5. The molecule has 0 bridgehead atoms. The number of hydrogen-bond acceptors (Lipinski definition) is 4. The van der Waals surface area contributed by atoms with Crippen molar-refractivity contribution in [1.29, 1.82) is 0 Å². The number of carboxylic acids is 1. The number of rotatable bonds is 6. The van der Waals surface area contributed by atoms with Gasteiger partial charge in [-0.15, -0.1) is 0 Å². The standard InChI is InChI=1S/C16H28N2O3/c1-3-6-17(15-10-21-9-14(15)16(19)20)13-7-11(2)18(8-13)12-4-5-12/h11-15H,3-10H2,1-2H3,(H,19,20). The lowest BCUT2D eigenvalue weighted by molar-refractivity contribution is -0.143. The zero-order valence-electron chi connectivity index (χ0n) is 13.2. The van der Waals surface area contributed by atoms with Gasteiger partial charge in [-0.25, -0.2) is 0 Å². The highest BCUT2D eigenvalue weighted by molar-refractivity contribution is 5.71. The van der Waals surface area contributed by atoms with E-state index in [1.165, 1.54) is 19.3 Å². The zero-order valence-corrected chi connectivity index (χ0v) is 13.2. The largest absolute Gasteiger partial charge is 0.481 e. The highest BCUT2D eigenvalue weighted by atomic mass is 16.5. The molecule has 3 aliphatic rings. The van der Waals surface area contributed by atoms with Crippen molar-refractivity contribution >= 4 is 5.97 Å². The summed E-state index contributed by atoms with van der Waals surface area (Å²) in [4.78, 5) is 16.6. The summed E-state index contributed by atoms with van der Waals surface area (Å²) in [6, 6.07) is 1.98. The fourth-order valence-corrected chi connectivity index (χ4v) is 4.17. The lowest BCUT2D eigenvalue weighted by Gasteiger charge is -2.35. The van der Waals surface area contributed by atoms with E-state index >= 15 is 0 Å². The van der Waals surface area contributed by atoms with E-state index in [2.05, 4.69) is 23.6 Å². The highest BCUT2D eigenvalue weighted by Gasteiger charge is 2.45. The molecule has 3 rings (SSSR count). The Morgan fingerprint density at radius 3 is 2.76 bits per heavy atom. The molecular formula is C16H28N2O3. The van der Waals surface area contributed by atoms with E-state index in [0.29, 0.717) is 25.3 Å². The third-order valence-electron chi connectivity index (χ3n) is 5.36. The van der Waals surface area contributed by atoms with Crippen molar-refractivity contribution in [3.8, 4) is 0 Å². The topological polar surface area (TPSA) is 53.0 Å². The maximum absolute atomic E-state index is 11.5. The van der Waals surface area contributed by atoms with Gasteiger partial charge in [0.15, 0.2) is 0 Å². The van der Waals surface area contributed by atoms with Crippen molar-refractivity contribution in [2.24, 2.45) is 5.92 Å². The Morgan fingerprint density at radius 1 is 1.38 bits per heavy atom. The molecule has 0 aromatic rings. The second kappa shape index (κ2) is 6.23. The van der Waals surface area contributed by atoms with Crippen molar-refractivity contribution < 1.29 is 14.6 Å². The summed E-state index contributed by atoms with van der Waals surface area (Å²) in [6.45, 7) is 7.53. The third kappa shape index (κ3) is 3.10. The number of hydrogen-bond donors (Lipinski definition) is 1. The summed E-state index contributed by atoms with van der Waals surface area (Å²) in [5.41, 5.74) is 0. The molecule has 1 N–H and O–H groups in total. The Labute approximate surface area is 127 Å². The molecule has 2 heterocycles. The first-order valence-electron chi connectivity index (χ1n) is 8.43. The van der Waals surface area contributed by atoms with Crippen LogP contribution in [0.1, 0.15) is 39.5 Å². The fraction of sp³-hybridized carbons (Fsp3) is 0.938. The van der Waals surface area contributed by atoms with Gasteiger partial charge in [-0.2, -0.15) is 0 Å². The van der Waals surface area contributed by atoms with Gasteiger partial charge in [-0.05, 0) is 39.2 Å². The average molecular weight is 296 g/mol. The number of ether oxygens (including phenoxy) is 1. The van der Waals surface area contributed by atoms with Crippen LogP contribution in [0, 0.1) is 5.92 Å². The predicted molar refractivity (Wildman–Crippen MR) is 80.3 cm³/mol. The summed E-state index contributed by atoms with van der Waals surface area (Å²) in [5, 5.41) is 9.43. The number of aliphatic carboxylic acids is 1. The van der Waals surface area contributed by atoms with Gasteiger partial charge in [0.2, 0.25) is 0 Å². The molecule has 3 fully saturated rings. The summed E-state index contributed by atoms with van der Waals surface area (Å²) in [5.74, 6) is -1.06. The molecule has 5 nitrogen and oxygen atoms in total. The average Bonchev–Trinajstić information content (AvgIpc) is 3.03. The van der Waals surface area contributed by atoms with Crippen LogP contribution in [0.25, 0.3) is 0 Å². The minimum atomic E-state index is -0.705. The predicted octanol–water partition coefficient (Wildman–Crippen LogP) is 1.42. The molecule has 0 radical (unpaired) electrons. The quantitative estimate of drug-likeness (QED) is 0.803. The number of likely N-dealkylation sites (tertiary alicyclic amines) is 1. The zero-order chi connectivity index (χ0) is 15.0. The van der Waals surface area contributed by atoms with E-state index in [1.54, 1.807) is 0 Å². The number of nitrogens with zero attached hydrogens (tertiary/aromatic N) is 2. The van der Waals surface area contributed by atoms with E-state index in [1.807, 2.05) is 0 Å². The van der Waals surface area contributed by atoms with Crippen LogP contribution in [-0.2, 0) is 9.53 Å². The maximum Gasteiger partial charge on any atom is 0.310 e. The van der Waals surface area contributed by atoms with Crippen LogP contribution in [0.15, 0.2) is 0 Å². The molecule has 1 saturated carbocycles. The number of carbonyl (C=O) groups is 1. The Morgan fingerprint density at radius 2 is 2.14 bits per heavy atom. The van der Waals surface area contributed by atoms with Crippen LogP contribution in [0.4, 0.5) is 0 Å². The van der Waals surface area contributed by atoms with Gasteiger partial charge in [0.05, 0.1) is 19.1 Å². The van der Waals surface area contributed by atoms with Gasteiger partial charge in [0, 0.05) is 30.7 Å². The SMILES string of the molecule is CCCN(C1CC(C)N(C2CC2)C1)C1COCC1C(=O)O. The molecule has 0 aromatic heterocycles. The van der Waals surface area contributed by atoms with Crippen molar-refractivity contribution in [2.45, 2.75) is 63.7 Å². The first kappa shape index (κ1) is 15.3. The monoisotopic (exact) mass is 296 g/mol. The summed E-state index contributed by atoms with van der Waals surface area (Å²) >= 11 is 0. The van der Waals surface area contributed by atoms with Crippen LogP contribution in [0.5, 0.6) is 0 Å². The van der Waals surface area contributed by atoms with Crippen LogP contribution in [0.3, 0.4) is 0 Å². The van der Waals surface area contributed by atoms with E-state index in [0.717, 1.165) is 25.6 Å². The van der Waals surface area contributed by atoms with Gasteiger partial charge in [-0.1, -0.05) is 6.92 Å². The molecule has 4 atom stereocenters. The fourth-order valence-electron chi connectivity index (χ4n) is 4.17. The van der Waals surface area contributed by atoms with Gasteiger partial charge in [0.25, 0.3) is 0 Å². The molecule has 1 aliphatic carbocycles. The van der Waals surface area contributed by atoms with Crippen molar-refractivity contribution in [3.05, 3.63) is 0 Å². The van der Waals surface area contributed by atoms with Gasteiger partial charge >= 0.3 is 5.97 Å². The lowest BCUT2D eigenvalue weighted by atomic mass is 9.99. The van der Waals surface area contributed by atoms with E-state index < -0.39 is 5.97 Å². The smallest absolute Gasteiger partial charge is 0.310 e. The molecule has 0 spiro atoms. The van der Waals surface area contributed by atoms with Crippen molar-refractivity contribution in [1.82, 2.24) is 9.80 Å². The second-order valence-corrected chi connectivity index (χ2v) is 6.95. The van der Waals surface area contributed by atoms with Crippen LogP contribution >= 0.6 is 0 Å². The maximum atomic E-state index is 11.5. The van der Waals surface area contributed by atoms with Gasteiger partial charge in [0.1, 0.15) is 0 Å². The Kier molecular flexibility index (Phi) is 4.52. The molecular weight excluding hydrogens is 268 g/mol. The third-order valence-corrected chi connectivity index (χ3v) is 5.36. The Hall–Kier alpha value is -0.650. The Bertz CT molecular complexity index is 386. The minimum Gasteiger partial charge on any atom is -0.481 e. The van der Waals surface area contributed by atoms with Gasteiger partial charge < -0.3 is 9.84 Å². The van der Waals surface area contributed by atoms with Crippen LogP contribution < -0.4 is 0 Å².